The molecule has 31 heavy (non-hydrogen) atoms. The van der Waals surface area contributed by atoms with Gasteiger partial charge in [0.2, 0.25) is 5.95 Å². The molecular weight excluding hydrogens is 410 g/mol. The number of hydrogen-bond donors (Lipinski definition) is 3. The molecule has 0 saturated heterocycles. The number of aryl methyl sites for hydroxylation is 1. The monoisotopic (exact) mass is 425 g/mol. The van der Waals surface area contributed by atoms with Crippen molar-refractivity contribution in [2.75, 3.05) is 10.6 Å². The maximum absolute atomic E-state index is 8.73. The lowest BCUT2D eigenvalue weighted by atomic mass is 10.1. The molecule has 0 bridgehead atoms. The summed E-state index contributed by atoms with van der Waals surface area (Å²) in [6, 6.07) is 13.1. The van der Waals surface area contributed by atoms with E-state index >= 15 is 0 Å². The molecule has 2 aromatic heterocycles. The number of fused-ring (bicyclic) bond motifs is 1. The molecule has 0 spiro atoms. The summed E-state index contributed by atoms with van der Waals surface area (Å²) >= 11 is 6.50. The number of nitrogens with zero attached hydrogens (tertiary/aromatic N) is 4. The second-order valence-corrected chi connectivity index (χ2v) is 7.03. The summed E-state index contributed by atoms with van der Waals surface area (Å²) in [5, 5.41) is 15.7. The minimum atomic E-state index is 0.384. The van der Waals surface area contributed by atoms with Crippen LogP contribution in [0.15, 0.2) is 48.8 Å². The van der Waals surface area contributed by atoms with E-state index in [1.54, 1.807) is 18.5 Å². The Morgan fingerprint density at radius 3 is 2.68 bits per heavy atom. The zero-order chi connectivity index (χ0) is 21.8. The van der Waals surface area contributed by atoms with Crippen molar-refractivity contribution in [3.8, 4) is 18.4 Å². The second-order valence-electron chi connectivity index (χ2n) is 6.62. The van der Waals surface area contributed by atoms with Crippen LogP contribution in [0.3, 0.4) is 0 Å². The van der Waals surface area contributed by atoms with Crippen LogP contribution < -0.4 is 10.6 Å². The maximum atomic E-state index is 8.73. The number of terminal acetylenes is 1. The lowest BCUT2D eigenvalue weighted by Crippen LogP contribution is -2.03. The minimum Gasteiger partial charge on any atom is -0.337 e. The van der Waals surface area contributed by atoms with Gasteiger partial charge in [0.15, 0.2) is 17.0 Å². The number of halogens is 1. The van der Waals surface area contributed by atoms with Gasteiger partial charge in [-0.2, -0.15) is 15.2 Å². The third-order valence-electron chi connectivity index (χ3n) is 4.49. The molecular formula is C23H16ClN7. The van der Waals surface area contributed by atoms with Gasteiger partial charge in [0.1, 0.15) is 0 Å². The number of benzene rings is 2. The zero-order valence-electron chi connectivity index (χ0n) is 16.4. The number of nitrogens with one attached hydrogen (secondary N) is 3. The van der Waals surface area contributed by atoms with Gasteiger partial charge >= 0.3 is 0 Å². The lowest BCUT2D eigenvalue weighted by molar-refractivity contribution is 1.19. The van der Waals surface area contributed by atoms with Crippen LogP contribution in [-0.4, -0.2) is 19.9 Å². The number of hydrogen-bond acceptors (Lipinski definition) is 6. The fraction of sp³-hybridized carbons (Fsp3) is 0.0435. The van der Waals surface area contributed by atoms with E-state index < -0.39 is 0 Å². The molecule has 4 rings (SSSR count). The summed E-state index contributed by atoms with van der Waals surface area (Å²) in [6.45, 7) is 1.92. The number of imidazole rings is 1. The maximum Gasteiger partial charge on any atom is 0.231 e. The summed E-state index contributed by atoms with van der Waals surface area (Å²) < 4.78 is 0. The molecule has 3 N–H and O–H groups in total. The van der Waals surface area contributed by atoms with Gasteiger partial charge < -0.3 is 15.6 Å². The first-order chi connectivity index (χ1) is 15.1. The van der Waals surface area contributed by atoms with Gasteiger partial charge in [-0.3, -0.25) is 0 Å². The van der Waals surface area contributed by atoms with Crippen LogP contribution in [0.4, 0.5) is 23.1 Å². The number of H-pyrrole nitrogens is 1. The topological polar surface area (TPSA) is 102 Å². The minimum absolute atomic E-state index is 0.384. The summed E-state index contributed by atoms with van der Waals surface area (Å²) in [7, 11) is 0. The van der Waals surface area contributed by atoms with E-state index in [9.17, 15) is 0 Å². The van der Waals surface area contributed by atoms with Crippen LogP contribution in [0.2, 0.25) is 5.02 Å². The Morgan fingerprint density at radius 1 is 1.16 bits per heavy atom. The smallest absolute Gasteiger partial charge is 0.231 e. The highest BCUT2D eigenvalue weighted by molar-refractivity contribution is 6.33. The van der Waals surface area contributed by atoms with Crippen molar-refractivity contribution in [1.82, 2.24) is 19.9 Å². The number of anilines is 4. The molecule has 0 unspecified atom stereocenters. The average molecular weight is 426 g/mol. The van der Waals surface area contributed by atoms with E-state index in [-0.39, 0.29) is 0 Å². The third kappa shape index (κ3) is 4.32. The Kier molecular flexibility index (Phi) is 5.53. The molecule has 0 aliphatic heterocycles. The van der Waals surface area contributed by atoms with Gasteiger partial charge in [0, 0.05) is 17.3 Å². The number of rotatable bonds is 5. The summed E-state index contributed by atoms with van der Waals surface area (Å²) in [5.74, 6) is 3.47. The van der Waals surface area contributed by atoms with E-state index in [2.05, 4.69) is 36.5 Å². The quantitative estimate of drug-likeness (QED) is 0.295. The molecule has 7 nitrogen and oxygen atoms in total. The highest BCUT2D eigenvalue weighted by Crippen LogP contribution is 2.32. The Balaban J connectivity index is 1.69. The van der Waals surface area contributed by atoms with E-state index in [1.165, 1.54) is 6.08 Å². The molecule has 0 atom stereocenters. The number of nitriles is 1. The predicted molar refractivity (Wildman–Crippen MR) is 123 cm³/mol. The van der Waals surface area contributed by atoms with Crippen LogP contribution in [0.1, 0.15) is 16.7 Å². The highest BCUT2D eigenvalue weighted by Gasteiger charge is 2.14. The summed E-state index contributed by atoms with van der Waals surface area (Å²) in [4.78, 5) is 16.4. The molecule has 0 amide bonds. The van der Waals surface area contributed by atoms with Gasteiger partial charge in [-0.15, -0.1) is 6.42 Å². The van der Waals surface area contributed by atoms with E-state index in [0.29, 0.717) is 33.6 Å². The predicted octanol–water partition coefficient (Wildman–Crippen LogP) is 5.32. The van der Waals surface area contributed by atoms with E-state index in [0.717, 1.165) is 22.4 Å². The SMILES string of the molecule is C#Cc1ccc(Nc2nc(Nc3c(C)cc(/C=C/C#N)cc3Cl)c3nc[nH]c3n2)cc1. The van der Waals surface area contributed by atoms with Crippen LogP contribution >= 0.6 is 11.6 Å². The number of aromatic nitrogens is 4. The second kappa shape index (κ2) is 8.58. The normalized spacial score (nSPS) is 10.7. The first kappa shape index (κ1) is 20.0. The number of aromatic amines is 1. The van der Waals surface area contributed by atoms with Gasteiger partial charge in [-0.1, -0.05) is 17.5 Å². The number of allylic oxidation sites excluding steroid dienone is 1. The molecule has 2 heterocycles. The van der Waals surface area contributed by atoms with Gasteiger partial charge in [0.05, 0.1) is 23.1 Å². The van der Waals surface area contributed by atoms with Gasteiger partial charge in [-0.25, -0.2) is 4.98 Å². The molecule has 0 aliphatic rings. The van der Waals surface area contributed by atoms with Crippen LogP contribution in [0.5, 0.6) is 0 Å². The van der Waals surface area contributed by atoms with Crippen molar-refractivity contribution in [2.45, 2.75) is 6.92 Å². The van der Waals surface area contributed by atoms with Crippen molar-refractivity contribution < 1.29 is 0 Å². The standard InChI is InChI=1S/C23H16ClN7/c1-3-15-6-8-17(9-7-15)28-23-30-21-20(26-13-27-21)22(31-23)29-19-14(2)11-16(5-4-10-25)12-18(19)24/h1,4-9,11-13H,2H3,(H3,26,27,28,29,30,31)/b5-4+. The Bertz CT molecular complexity index is 1350. The van der Waals surface area contributed by atoms with Crippen LogP contribution in [-0.2, 0) is 0 Å². The van der Waals surface area contributed by atoms with E-state index in [1.807, 2.05) is 43.3 Å². The zero-order valence-corrected chi connectivity index (χ0v) is 17.2. The Morgan fingerprint density at radius 2 is 1.97 bits per heavy atom. The molecule has 150 valence electrons. The molecule has 4 aromatic rings. The van der Waals surface area contributed by atoms with Crippen molar-refractivity contribution in [2.24, 2.45) is 0 Å². The molecule has 0 saturated carbocycles. The van der Waals surface area contributed by atoms with Crippen molar-refractivity contribution in [3.63, 3.8) is 0 Å². The van der Waals surface area contributed by atoms with Crippen LogP contribution in [0.25, 0.3) is 17.2 Å². The molecule has 2 aromatic carbocycles. The van der Waals surface area contributed by atoms with Crippen molar-refractivity contribution in [3.05, 3.63) is 70.5 Å². The van der Waals surface area contributed by atoms with Gasteiger partial charge in [0.25, 0.3) is 0 Å². The molecule has 0 radical (unpaired) electrons. The van der Waals surface area contributed by atoms with Gasteiger partial charge in [-0.05, 0) is 60.5 Å². The first-order valence-electron chi connectivity index (χ1n) is 9.25. The molecule has 0 fully saturated rings. The van der Waals surface area contributed by atoms with Crippen molar-refractivity contribution in [1.29, 1.82) is 5.26 Å². The molecule has 8 heteroatoms. The lowest BCUT2D eigenvalue weighted by Gasteiger charge is -2.13. The summed E-state index contributed by atoms with van der Waals surface area (Å²) in [6.07, 6.45) is 10.1. The largest absolute Gasteiger partial charge is 0.337 e. The van der Waals surface area contributed by atoms with Crippen molar-refractivity contribution >= 4 is 52.0 Å². The average Bonchev–Trinajstić information content (AvgIpc) is 3.24. The van der Waals surface area contributed by atoms with E-state index in [4.69, 9.17) is 23.3 Å². The highest BCUT2D eigenvalue weighted by atomic mass is 35.5. The Hall–Kier alpha value is -4.33. The third-order valence-corrected chi connectivity index (χ3v) is 4.79. The van der Waals surface area contributed by atoms with Crippen LogP contribution in [0, 0.1) is 30.6 Å². The Labute approximate surface area is 183 Å². The fourth-order valence-electron chi connectivity index (χ4n) is 3.03. The summed E-state index contributed by atoms with van der Waals surface area (Å²) in [5.41, 5.74) is 5.16. The molecule has 0 aliphatic carbocycles. The first-order valence-corrected chi connectivity index (χ1v) is 9.63. The fourth-order valence-corrected chi connectivity index (χ4v) is 3.36.